The van der Waals surface area contributed by atoms with Crippen molar-refractivity contribution in [3.63, 3.8) is 0 Å². The summed E-state index contributed by atoms with van der Waals surface area (Å²) >= 11 is 0. The van der Waals surface area contributed by atoms with Crippen LogP contribution >= 0.6 is 0 Å². The molecule has 4 rings (SSSR count). The van der Waals surface area contributed by atoms with E-state index in [-0.39, 0.29) is 18.1 Å². The number of nitrogens with one attached hydrogen (secondary N) is 2. The van der Waals surface area contributed by atoms with E-state index in [9.17, 15) is 4.79 Å². The number of hydrogen-bond acceptors (Lipinski definition) is 3. The molecule has 168 valence electrons. The summed E-state index contributed by atoms with van der Waals surface area (Å²) < 4.78 is 0. The Morgan fingerprint density at radius 2 is 1.56 bits per heavy atom. The molecule has 2 N–H and O–H groups in total. The molecule has 0 aliphatic carbocycles. The first kappa shape index (κ1) is 22.3. The van der Waals surface area contributed by atoms with Crippen molar-refractivity contribution in [2.75, 3.05) is 39.8 Å². The van der Waals surface area contributed by atoms with Gasteiger partial charge in [-0.1, -0.05) is 72.8 Å². The third-order valence-electron chi connectivity index (χ3n) is 6.28. The number of fused-ring (bicyclic) bond motifs is 1. The zero-order valence-corrected chi connectivity index (χ0v) is 19.1. The van der Waals surface area contributed by atoms with Gasteiger partial charge >= 0.3 is 6.03 Å². The summed E-state index contributed by atoms with van der Waals surface area (Å²) in [5.41, 5.74) is 2.37. The minimum absolute atomic E-state index is 0.0347. The van der Waals surface area contributed by atoms with Gasteiger partial charge in [-0.25, -0.2) is 4.79 Å². The van der Waals surface area contributed by atoms with E-state index in [4.69, 9.17) is 0 Å². The minimum Gasteiger partial charge on any atom is -0.335 e. The van der Waals surface area contributed by atoms with E-state index in [2.05, 4.69) is 89.0 Å². The summed E-state index contributed by atoms with van der Waals surface area (Å²) in [5.74, 6) is 0. The molecule has 2 amide bonds. The van der Waals surface area contributed by atoms with Gasteiger partial charge in [-0.15, -0.1) is 0 Å². The fraction of sp³-hybridized carbons (Fsp3) is 0.370. The van der Waals surface area contributed by atoms with Gasteiger partial charge in [-0.2, -0.15) is 0 Å². The van der Waals surface area contributed by atoms with E-state index in [1.165, 1.54) is 16.3 Å². The standard InChI is InChI=1S/C27H34N4O/c1-21(18-22-12-13-23-8-6-7-11-25(23)19-22)28-27(32)29-26(24-9-4-3-5-10-24)20-31-16-14-30(2)15-17-31/h3-13,19,21,26H,14-18,20H2,1-2H3,(H2,28,29,32)/t21-,26+/m1/s1. The summed E-state index contributed by atoms with van der Waals surface area (Å²) in [6, 6.07) is 25.1. The lowest BCUT2D eigenvalue weighted by Crippen LogP contribution is -2.49. The Morgan fingerprint density at radius 1 is 0.875 bits per heavy atom. The average Bonchev–Trinajstić information content (AvgIpc) is 2.80. The number of likely N-dealkylation sites (N-methyl/N-ethyl adjacent to an activating group) is 1. The van der Waals surface area contributed by atoms with Crippen LogP contribution in [0.3, 0.4) is 0 Å². The first-order valence-electron chi connectivity index (χ1n) is 11.6. The molecule has 1 heterocycles. The second kappa shape index (κ2) is 10.6. The minimum atomic E-state index is -0.110. The summed E-state index contributed by atoms with van der Waals surface area (Å²) in [4.78, 5) is 17.7. The zero-order chi connectivity index (χ0) is 22.3. The van der Waals surface area contributed by atoms with Crippen molar-refractivity contribution in [2.45, 2.75) is 25.4 Å². The Labute approximate surface area is 191 Å². The van der Waals surface area contributed by atoms with Crippen molar-refractivity contribution in [3.8, 4) is 0 Å². The Morgan fingerprint density at radius 3 is 2.31 bits per heavy atom. The number of benzene rings is 3. The molecule has 0 saturated carbocycles. The highest BCUT2D eigenvalue weighted by Crippen LogP contribution is 2.18. The number of carbonyl (C=O) groups is 1. The molecule has 0 aromatic heterocycles. The average molecular weight is 431 g/mol. The van der Waals surface area contributed by atoms with Crippen molar-refractivity contribution in [2.24, 2.45) is 0 Å². The Bertz CT molecular complexity index is 1010. The van der Waals surface area contributed by atoms with Crippen molar-refractivity contribution in [3.05, 3.63) is 83.9 Å². The molecule has 3 aromatic carbocycles. The van der Waals surface area contributed by atoms with Gasteiger partial charge in [-0.3, -0.25) is 4.90 Å². The molecule has 0 radical (unpaired) electrons. The van der Waals surface area contributed by atoms with E-state index in [0.717, 1.165) is 44.7 Å². The third kappa shape index (κ3) is 6.09. The molecular formula is C27H34N4O. The van der Waals surface area contributed by atoms with Crippen LogP contribution in [0.5, 0.6) is 0 Å². The first-order valence-corrected chi connectivity index (χ1v) is 11.6. The highest BCUT2D eigenvalue weighted by atomic mass is 16.2. The first-order chi connectivity index (χ1) is 15.6. The molecule has 1 fully saturated rings. The van der Waals surface area contributed by atoms with Crippen LogP contribution in [0.2, 0.25) is 0 Å². The molecule has 1 aliphatic rings. The maximum absolute atomic E-state index is 12.9. The normalized spacial score (nSPS) is 17.1. The topological polar surface area (TPSA) is 47.6 Å². The molecule has 5 nitrogen and oxygen atoms in total. The van der Waals surface area contributed by atoms with Gasteiger partial charge in [0.05, 0.1) is 6.04 Å². The molecule has 0 bridgehead atoms. The number of urea groups is 1. The van der Waals surface area contributed by atoms with Crippen molar-refractivity contribution in [1.29, 1.82) is 0 Å². The van der Waals surface area contributed by atoms with Crippen LogP contribution in [-0.2, 0) is 6.42 Å². The third-order valence-corrected chi connectivity index (χ3v) is 6.28. The predicted octanol–water partition coefficient (Wildman–Crippen LogP) is 4.06. The Kier molecular flexibility index (Phi) is 7.40. The van der Waals surface area contributed by atoms with Gasteiger partial charge < -0.3 is 15.5 Å². The lowest BCUT2D eigenvalue weighted by atomic mass is 10.0. The maximum Gasteiger partial charge on any atom is 0.315 e. The molecule has 3 aromatic rings. The van der Waals surface area contributed by atoms with Gasteiger partial charge in [0.25, 0.3) is 0 Å². The van der Waals surface area contributed by atoms with Crippen molar-refractivity contribution >= 4 is 16.8 Å². The number of amides is 2. The summed E-state index contributed by atoms with van der Waals surface area (Å²) in [5, 5.41) is 8.85. The van der Waals surface area contributed by atoms with Gasteiger partial charge in [-0.05, 0) is 42.3 Å². The largest absolute Gasteiger partial charge is 0.335 e. The Balaban J connectivity index is 1.36. The fourth-order valence-corrected chi connectivity index (χ4v) is 4.40. The van der Waals surface area contributed by atoms with Gasteiger partial charge in [0.1, 0.15) is 0 Å². The van der Waals surface area contributed by atoms with Crippen LogP contribution in [-0.4, -0.2) is 61.6 Å². The fourth-order valence-electron chi connectivity index (χ4n) is 4.40. The predicted molar refractivity (Wildman–Crippen MR) is 132 cm³/mol. The van der Waals surface area contributed by atoms with Crippen LogP contribution in [0.25, 0.3) is 10.8 Å². The number of carbonyl (C=O) groups excluding carboxylic acids is 1. The molecule has 0 spiro atoms. The maximum atomic E-state index is 12.9. The van der Waals surface area contributed by atoms with Gasteiger partial charge in [0, 0.05) is 38.8 Å². The number of piperazine rings is 1. The van der Waals surface area contributed by atoms with Gasteiger partial charge in [0.2, 0.25) is 0 Å². The lowest BCUT2D eigenvalue weighted by molar-refractivity contribution is 0.142. The van der Waals surface area contributed by atoms with E-state index >= 15 is 0 Å². The molecule has 1 saturated heterocycles. The summed E-state index contributed by atoms with van der Waals surface area (Å²) in [7, 11) is 2.16. The van der Waals surface area contributed by atoms with Crippen molar-refractivity contribution < 1.29 is 4.79 Å². The second-order valence-corrected chi connectivity index (χ2v) is 8.97. The van der Waals surface area contributed by atoms with Crippen LogP contribution in [0.15, 0.2) is 72.8 Å². The molecular weight excluding hydrogens is 396 g/mol. The molecule has 5 heteroatoms. The second-order valence-electron chi connectivity index (χ2n) is 8.97. The molecule has 0 unspecified atom stereocenters. The highest BCUT2D eigenvalue weighted by Gasteiger charge is 2.21. The molecule has 32 heavy (non-hydrogen) atoms. The molecule has 2 atom stereocenters. The lowest BCUT2D eigenvalue weighted by Gasteiger charge is -2.35. The number of nitrogens with zero attached hydrogens (tertiary/aromatic N) is 2. The van der Waals surface area contributed by atoms with Crippen LogP contribution in [0, 0.1) is 0 Å². The van der Waals surface area contributed by atoms with E-state index in [0.29, 0.717) is 0 Å². The Hall–Kier alpha value is -2.89. The van der Waals surface area contributed by atoms with E-state index < -0.39 is 0 Å². The van der Waals surface area contributed by atoms with E-state index in [1.807, 2.05) is 18.2 Å². The van der Waals surface area contributed by atoms with Crippen LogP contribution in [0.4, 0.5) is 4.79 Å². The zero-order valence-electron chi connectivity index (χ0n) is 19.1. The SMILES string of the molecule is C[C@H](Cc1ccc2ccccc2c1)NC(=O)N[C@@H](CN1CCN(C)CC1)c1ccccc1. The molecule has 1 aliphatic heterocycles. The summed E-state index contributed by atoms with van der Waals surface area (Å²) in [6.45, 7) is 7.08. The van der Waals surface area contributed by atoms with Crippen LogP contribution in [0.1, 0.15) is 24.1 Å². The quantitative estimate of drug-likeness (QED) is 0.594. The highest BCUT2D eigenvalue weighted by molar-refractivity contribution is 5.83. The smallest absolute Gasteiger partial charge is 0.315 e. The van der Waals surface area contributed by atoms with E-state index in [1.54, 1.807) is 0 Å². The van der Waals surface area contributed by atoms with Gasteiger partial charge in [0.15, 0.2) is 0 Å². The summed E-state index contributed by atoms with van der Waals surface area (Å²) in [6.07, 6.45) is 0.798. The number of rotatable bonds is 7. The van der Waals surface area contributed by atoms with Crippen LogP contribution < -0.4 is 10.6 Å². The van der Waals surface area contributed by atoms with Crippen molar-refractivity contribution in [1.82, 2.24) is 20.4 Å². The number of hydrogen-bond donors (Lipinski definition) is 2. The monoisotopic (exact) mass is 430 g/mol.